The van der Waals surface area contributed by atoms with Gasteiger partial charge in [0, 0.05) is 19.1 Å². The first-order valence-corrected chi connectivity index (χ1v) is 5.01. The van der Waals surface area contributed by atoms with Crippen molar-refractivity contribution in [3.8, 4) is 0 Å². The van der Waals surface area contributed by atoms with E-state index in [1.807, 2.05) is 6.92 Å². The Labute approximate surface area is 83.8 Å². The van der Waals surface area contributed by atoms with Crippen LogP contribution >= 0.6 is 0 Å². The fourth-order valence-corrected chi connectivity index (χ4v) is 1.60. The number of carboxylic acid groups (broad SMARTS) is 1. The highest BCUT2D eigenvalue weighted by Gasteiger charge is 2.22. The Hall–Kier alpha value is -0.650. The average molecular weight is 202 g/mol. The molecule has 1 saturated heterocycles. The highest BCUT2D eigenvalue weighted by Crippen LogP contribution is 2.05. The number of ether oxygens (including phenoxy) is 1. The summed E-state index contributed by atoms with van der Waals surface area (Å²) in [4.78, 5) is 10.4. The minimum atomic E-state index is -0.827. The Bertz CT molecular complexity index is 181. The first-order valence-electron chi connectivity index (χ1n) is 5.01. The van der Waals surface area contributed by atoms with Crippen LogP contribution in [0.25, 0.3) is 0 Å². The van der Waals surface area contributed by atoms with Crippen LogP contribution in [0.3, 0.4) is 0 Å². The summed E-state index contributed by atoms with van der Waals surface area (Å²) in [5.41, 5.74) is 0. The van der Waals surface area contributed by atoms with E-state index in [9.17, 15) is 4.79 Å². The van der Waals surface area contributed by atoms with E-state index >= 15 is 0 Å². The number of carbonyl (C=O) groups is 1. The summed E-state index contributed by atoms with van der Waals surface area (Å²) in [6, 6.07) is 0.124. The van der Waals surface area contributed by atoms with Gasteiger partial charge in [-0.15, -0.1) is 0 Å². The molecule has 82 valence electrons. The smallest absolute Gasteiger partial charge is 0.317 e. The fourth-order valence-electron chi connectivity index (χ4n) is 1.60. The second-order valence-corrected chi connectivity index (χ2v) is 3.40. The van der Waals surface area contributed by atoms with E-state index < -0.39 is 5.97 Å². The van der Waals surface area contributed by atoms with Gasteiger partial charge in [0.15, 0.2) is 0 Å². The molecule has 1 fully saturated rings. The standard InChI is InChI=1S/C9H18N2O3/c1-2-7(11-6-9(12)13)8-5-10-3-4-14-8/h7-8,10-11H,2-6H2,1H3,(H,12,13). The van der Waals surface area contributed by atoms with Crippen molar-refractivity contribution in [2.24, 2.45) is 0 Å². The summed E-state index contributed by atoms with van der Waals surface area (Å²) < 4.78 is 5.55. The Kier molecular flexibility index (Phi) is 4.86. The lowest BCUT2D eigenvalue weighted by Crippen LogP contribution is -2.51. The normalized spacial score (nSPS) is 24.5. The van der Waals surface area contributed by atoms with Crippen LogP contribution in [-0.2, 0) is 9.53 Å². The van der Waals surface area contributed by atoms with Gasteiger partial charge in [0.2, 0.25) is 0 Å². The molecule has 0 aromatic rings. The van der Waals surface area contributed by atoms with Gasteiger partial charge in [0.05, 0.1) is 19.3 Å². The molecule has 14 heavy (non-hydrogen) atoms. The summed E-state index contributed by atoms with van der Waals surface area (Å²) in [5.74, 6) is -0.827. The molecule has 1 aliphatic rings. The quantitative estimate of drug-likeness (QED) is 0.557. The van der Waals surface area contributed by atoms with Gasteiger partial charge >= 0.3 is 5.97 Å². The highest BCUT2D eigenvalue weighted by atomic mass is 16.5. The predicted molar refractivity (Wildman–Crippen MR) is 52.3 cm³/mol. The topological polar surface area (TPSA) is 70.6 Å². The zero-order valence-electron chi connectivity index (χ0n) is 8.45. The Morgan fingerprint density at radius 3 is 3.07 bits per heavy atom. The molecule has 0 radical (unpaired) electrons. The number of carboxylic acids is 1. The molecule has 3 N–H and O–H groups in total. The largest absolute Gasteiger partial charge is 0.480 e. The molecule has 2 unspecified atom stereocenters. The van der Waals surface area contributed by atoms with Crippen molar-refractivity contribution in [2.75, 3.05) is 26.2 Å². The Morgan fingerprint density at radius 1 is 1.79 bits per heavy atom. The first kappa shape index (κ1) is 11.4. The maximum absolute atomic E-state index is 10.4. The molecule has 5 heteroatoms. The lowest BCUT2D eigenvalue weighted by Gasteiger charge is -2.30. The molecule has 0 aromatic heterocycles. The number of morpholine rings is 1. The predicted octanol–water partition coefficient (Wildman–Crippen LogP) is -0.572. The Balaban J connectivity index is 2.31. The monoisotopic (exact) mass is 202 g/mol. The SMILES string of the molecule is CCC(NCC(=O)O)C1CNCCO1. The van der Waals surface area contributed by atoms with E-state index in [0.717, 1.165) is 19.5 Å². The van der Waals surface area contributed by atoms with Gasteiger partial charge in [-0.05, 0) is 6.42 Å². The van der Waals surface area contributed by atoms with Crippen LogP contribution in [0.2, 0.25) is 0 Å². The van der Waals surface area contributed by atoms with Crippen molar-refractivity contribution in [3.63, 3.8) is 0 Å². The average Bonchev–Trinajstić information content (AvgIpc) is 2.20. The summed E-state index contributed by atoms with van der Waals surface area (Å²) in [5, 5.41) is 14.7. The minimum absolute atomic E-state index is 0.00162. The van der Waals surface area contributed by atoms with E-state index in [1.54, 1.807) is 0 Å². The molecule has 0 aliphatic carbocycles. The molecule has 0 bridgehead atoms. The number of aliphatic carboxylic acids is 1. The van der Waals surface area contributed by atoms with Crippen LogP contribution in [0.4, 0.5) is 0 Å². The van der Waals surface area contributed by atoms with E-state index in [2.05, 4.69) is 10.6 Å². The number of nitrogens with one attached hydrogen (secondary N) is 2. The molecule has 0 saturated carbocycles. The number of hydrogen-bond donors (Lipinski definition) is 3. The summed E-state index contributed by atoms with van der Waals surface area (Å²) in [6.45, 7) is 4.41. The summed E-state index contributed by atoms with van der Waals surface area (Å²) >= 11 is 0. The lowest BCUT2D eigenvalue weighted by molar-refractivity contribution is -0.136. The van der Waals surface area contributed by atoms with Crippen molar-refractivity contribution >= 4 is 5.97 Å². The van der Waals surface area contributed by atoms with Crippen LogP contribution in [0.5, 0.6) is 0 Å². The third-order valence-corrected chi connectivity index (χ3v) is 2.36. The lowest BCUT2D eigenvalue weighted by atomic mass is 10.1. The van der Waals surface area contributed by atoms with Crippen molar-refractivity contribution in [1.29, 1.82) is 0 Å². The second-order valence-electron chi connectivity index (χ2n) is 3.40. The van der Waals surface area contributed by atoms with Crippen LogP contribution in [-0.4, -0.2) is 49.5 Å². The maximum atomic E-state index is 10.4. The van der Waals surface area contributed by atoms with Gasteiger partial charge in [-0.1, -0.05) is 6.92 Å². The molecular formula is C9H18N2O3. The molecule has 1 aliphatic heterocycles. The van der Waals surface area contributed by atoms with Crippen LogP contribution in [0.1, 0.15) is 13.3 Å². The number of hydrogen-bond acceptors (Lipinski definition) is 4. The minimum Gasteiger partial charge on any atom is -0.480 e. The molecule has 0 amide bonds. The zero-order chi connectivity index (χ0) is 10.4. The maximum Gasteiger partial charge on any atom is 0.317 e. The molecule has 5 nitrogen and oxygen atoms in total. The van der Waals surface area contributed by atoms with E-state index in [1.165, 1.54) is 0 Å². The zero-order valence-corrected chi connectivity index (χ0v) is 8.45. The van der Waals surface area contributed by atoms with Gasteiger partial charge in [0.1, 0.15) is 0 Å². The van der Waals surface area contributed by atoms with Gasteiger partial charge in [-0.2, -0.15) is 0 Å². The third kappa shape index (κ3) is 3.61. The molecule has 0 aromatic carbocycles. The van der Waals surface area contributed by atoms with E-state index in [0.29, 0.717) is 6.61 Å². The Morgan fingerprint density at radius 2 is 2.57 bits per heavy atom. The van der Waals surface area contributed by atoms with Crippen molar-refractivity contribution in [3.05, 3.63) is 0 Å². The van der Waals surface area contributed by atoms with E-state index in [4.69, 9.17) is 9.84 Å². The second kappa shape index (κ2) is 5.95. The summed E-state index contributed by atoms with van der Waals surface area (Å²) in [7, 11) is 0. The molecule has 1 heterocycles. The molecule has 0 spiro atoms. The van der Waals surface area contributed by atoms with E-state index in [-0.39, 0.29) is 18.7 Å². The van der Waals surface area contributed by atoms with Crippen LogP contribution in [0.15, 0.2) is 0 Å². The van der Waals surface area contributed by atoms with Gasteiger partial charge < -0.3 is 20.5 Å². The van der Waals surface area contributed by atoms with Gasteiger partial charge in [0.25, 0.3) is 0 Å². The molecular weight excluding hydrogens is 184 g/mol. The highest BCUT2D eigenvalue weighted by molar-refractivity contribution is 5.69. The van der Waals surface area contributed by atoms with Crippen LogP contribution in [0, 0.1) is 0 Å². The van der Waals surface area contributed by atoms with Crippen LogP contribution < -0.4 is 10.6 Å². The van der Waals surface area contributed by atoms with Crippen molar-refractivity contribution < 1.29 is 14.6 Å². The van der Waals surface area contributed by atoms with Gasteiger partial charge in [-0.25, -0.2) is 0 Å². The van der Waals surface area contributed by atoms with Crippen molar-refractivity contribution in [2.45, 2.75) is 25.5 Å². The van der Waals surface area contributed by atoms with Crippen molar-refractivity contribution in [1.82, 2.24) is 10.6 Å². The van der Waals surface area contributed by atoms with Gasteiger partial charge in [-0.3, -0.25) is 4.79 Å². The number of rotatable bonds is 5. The first-order chi connectivity index (χ1) is 6.74. The molecule has 2 atom stereocenters. The summed E-state index contributed by atoms with van der Waals surface area (Å²) in [6.07, 6.45) is 0.965. The fraction of sp³-hybridized carbons (Fsp3) is 0.889. The molecule has 1 rings (SSSR count). The third-order valence-electron chi connectivity index (χ3n) is 2.36.